The normalized spacial score (nSPS) is 14.2. The van der Waals surface area contributed by atoms with Crippen molar-refractivity contribution in [2.45, 2.75) is 187 Å². The highest BCUT2D eigenvalue weighted by atomic mass is 31.2. The lowest BCUT2D eigenvalue weighted by molar-refractivity contribution is -0.870. The van der Waals surface area contributed by atoms with Gasteiger partial charge < -0.3 is 27.9 Å². The summed E-state index contributed by atoms with van der Waals surface area (Å²) in [5, 5.41) is 0. The van der Waals surface area contributed by atoms with E-state index in [1.54, 1.807) is 0 Å². The predicted octanol–water partition coefficient (Wildman–Crippen LogP) is 13.2. The molecule has 0 aromatic heterocycles. The van der Waals surface area contributed by atoms with Crippen molar-refractivity contribution < 1.29 is 42.1 Å². The van der Waals surface area contributed by atoms with Crippen molar-refractivity contribution in [2.24, 2.45) is 0 Å². The third-order valence-corrected chi connectivity index (χ3v) is 10.7. The van der Waals surface area contributed by atoms with Crippen LogP contribution in [0.4, 0.5) is 0 Å². The topological polar surface area (TPSA) is 111 Å². The summed E-state index contributed by atoms with van der Waals surface area (Å²) in [6.07, 6.45) is 52.2. The average Bonchev–Trinajstić information content (AvgIpc) is 3.20. The van der Waals surface area contributed by atoms with Crippen LogP contribution in [0.5, 0.6) is 0 Å². The van der Waals surface area contributed by atoms with Crippen LogP contribution in [-0.2, 0) is 32.7 Å². The van der Waals surface area contributed by atoms with Crippen molar-refractivity contribution in [1.82, 2.24) is 0 Å². The number of quaternary nitrogens is 1. The van der Waals surface area contributed by atoms with Crippen molar-refractivity contribution in [3.8, 4) is 0 Å². The maximum Gasteiger partial charge on any atom is 0.306 e. The Hall–Kier alpha value is -2.55. The predicted molar refractivity (Wildman–Crippen MR) is 249 cm³/mol. The maximum absolute atomic E-state index is 12.7. The first-order valence-corrected chi connectivity index (χ1v) is 25.1. The fourth-order valence-electron chi connectivity index (χ4n) is 6.04. The van der Waals surface area contributed by atoms with E-state index in [0.29, 0.717) is 23.9 Å². The lowest BCUT2D eigenvalue weighted by atomic mass is 10.1. The molecule has 0 rings (SSSR count). The van der Waals surface area contributed by atoms with Crippen molar-refractivity contribution in [2.75, 3.05) is 47.5 Å². The molecule has 60 heavy (non-hydrogen) atoms. The monoisotopic (exact) mass is 862 g/mol. The molecule has 9 nitrogen and oxygen atoms in total. The quantitative estimate of drug-likeness (QED) is 0.0196. The molecule has 0 fully saturated rings. The van der Waals surface area contributed by atoms with Crippen LogP contribution >= 0.6 is 7.82 Å². The van der Waals surface area contributed by atoms with Gasteiger partial charge in [0.05, 0.1) is 27.7 Å². The van der Waals surface area contributed by atoms with Gasteiger partial charge in [-0.1, -0.05) is 164 Å². The summed E-state index contributed by atoms with van der Waals surface area (Å²) in [4.78, 5) is 37.6. The van der Waals surface area contributed by atoms with Crippen LogP contribution in [0.3, 0.4) is 0 Å². The van der Waals surface area contributed by atoms with Crippen LogP contribution in [0, 0.1) is 0 Å². The first-order chi connectivity index (χ1) is 29.0. The fraction of sp³-hybridized carbons (Fsp3) is 0.720. The number of ether oxygens (including phenoxy) is 2. The van der Waals surface area contributed by atoms with Gasteiger partial charge in [-0.05, 0) is 77.0 Å². The van der Waals surface area contributed by atoms with Crippen LogP contribution in [-0.4, -0.2) is 70.0 Å². The van der Waals surface area contributed by atoms with Crippen molar-refractivity contribution in [3.05, 3.63) is 72.9 Å². The molecule has 0 radical (unpaired) electrons. The van der Waals surface area contributed by atoms with Gasteiger partial charge in [0.2, 0.25) is 0 Å². The van der Waals surface area contributed by atoms with Gasteiger partial charge >= 0.3 is 11.9 Å². The Labute approximate surface area is 368 Å². The second-order valence-electron chi connectivity index (χ2n) is 16.7. The first kappa shape index (κ1) is 57.4. The fourth-order valence-corrected chi connectivity index (χ4v) is 6.77. The highest BCUT2D eigenvalue weighted by Crippen LogP contribution is 2.38. The summed E-state index contributed by atoms with van der Waals surface area (Å²) in [5.74, 6) is -0.908. The van der Waals surface area contributed by atoms with Crippen LogP contribution in [0.2, 0.25) is 0 Å². The Morgan fingerprint density at radius 2 is 0.967 bits per heavy atom. The zero-order valence-electron chi connectivity index (χ0n) is 38.9. The number of hydrogen-bond acceptors (Lipinski definition) is 8. The molecule has 0 N–H and O–H groups in total. The molecular formula is C50H88NO8P. The number of carbonyl (C=O) groups excluding carboxylic acids is 2. The van der Waals surface area contributed by atoms with E-state index in [1.165, 1.54) is 83.5 Å². The molecule has 346 valence electrons. The summed E-state index contributed by atoms with van der Waals surface area (Å²) < 4.78 is 33.9. The minimum atomic E-state index is -4.64. The highest BCUT2D eigenvalue weighted by Gasteiger charge is 2.21. The summed E-state index contributed by atoms with van der Waals surface area (Å²) in [6.45, 7) is 4.04. The number of nitrogens with zero attached hydrogens (tertiary/aromatic N) is 1. The molecule has 0 aromatic rings. The number of hydrogen-bond donors (Lipinski definition) is 0. The lowest BCUT2D eigenvalue weighted by Crippen LogP contribution is -2.37. The molecule has 0 saturated carbocycles. The van der Waals surface area contributed by atoms with Gasteiger partial charge in [-0.2, -0.15) is 0 Å². The lowest BCUT2D eigenvalue weighted by Gasteiger charge is -2.28. The van der Waals surface area contributed by atoms with E-state index in [0.717, 1.165) is 57.8 Å². The smallest absolute Gasteiger partial charge is 0.306 e. The van der Waals surface area contributed by atoms with Gasteiger partial charge in [-0.3, -0.25) is 14.2 Å². The van der Waals surface area contributed by atoms with Gasteiger partial charge in [-0.15, -0.1) is 0 Å². The number of rotatable bonds is 42. The highest BCUT2D eigenvalue weighted by molar-refractivity contribution is 7.45. The molecule has 0 aliphatic rings. The second kappa shape index (κ2) is 41.8. The molecule has 0 bridgehead atoms. The van der Waals surface area contributed by atoms with E-state index in [2.05, 4.69) is 80.7 Å². The molecule has 0 aromatic carbocycles. The molecule has 0 saturated heterocycles. The van der Waals surface area contributed by atoms with Crippen LogP contribution in [0.25, 0.3) is 0 Å². The van der Waals surface area contributed by atoms with Gasteiger partial charge in [0.1, 0.15) is 19.8 Å². The summed E-state index contributed by atoms with van der Waals surface area (Å²) >= 11 is 0. The zero-order chi connectivity index (χ0) is 44.3. The van der Waals surface area contributed by atoms with E-state index in [-0.39, 0.29) is 26.1 Å². The number of unbranched alkanes of at least 4 members (excludes halogenated alkanes) is 16. The van der Waals surface area contributed by atoms with Gasteiger partial charge in [-0.25, -0.2) is 0 Å². The van der Waals surface area contributed by atoms with Crippen LogP contribution in [0.1, 0.15) is 181 Å². The van der Waals surface area contributed by atoms with E-state index in [4.69, 9.17) is 18.5 Å². The third kappa shape index (κ3) is 45.0. The number of phosphoric ester groups is 1. The van der Waals surface area contributed by atoms with Crippen molar-refractivity contribution >= 4 is 19.8 Å². The standard InChI is InChI=1S/C50H88NO8P/c1-6-8-10-12-14-16-18-20-22-24-25-27-29-31-33-35-37-39-41-43-50(53)59-48(47-58-60(54,55)57-45-44-51(3,4)5)46-56-49(52)42-40-38-36-34-32-30-28-26-23-21-19-17-15-13-11-9-7-2/h9,11,15,17,20-23,28,30,34,36,48H,6-8,10,12-14,16,18-19,24-27,29,31-33,35,37-47H2,1-5H3/b11-9+,17-15+,22-20+,23-21+,30-28+,36-34+/t48-/m1/s1. The minimum absolute atomic E-state index is 0.0431. The Morgan fingerprint density at radius 1 is 0.533 bits per heavy atom. The Balaban J connectivity index is 4.40. The third-order valence-electron chi connectivity index (χ3n) is 9.71. The van der Waals surface area contributed by atoms with Gasteiger partial charge in [0, 0.05) is 12.8 Å². The van der Waals surface area contributed by atoms with Crippen molar-refractivity contribution in [1.29, 1.82) is 0 Å². The zero-order valence-corrected chi connectivity index (χ0v) is 39.8. The van der Waals surface area contributed by atoms with Crippen LogP contribution in [0.15, 0.2) is 72.9 Å². The molecule has 0 heterocycles. The molecular weight excluding hydrogens is 774 g/mol. The number of allylic oxidation sites excluding steroid dienone is 12. The van der Waals surface area contributed by atoms with Gasteiger partial charge in [0.15, 0.2) is 6.10 Å². The maximum atomic E-state index is 12.7. The number of esters is 2. The van der Waals surface area contributed by atoms with E-state index in [1.807, 2.05) is 27.2 Å². The Morgan fingerprint density at radius 3 is 1.48 bits per heavy atom. The van der Waals surface area contributed by atoms with Crippen LogP contribution < -0.4 is 4.89 Å². The first-order valence-electron chi connectivity index (χ1n) is 23.6. The van der Waals surface area contributed by atoms with E-state index < -0.39 is 32.5 Å². The number of phosphoric acid groups is 1. The van der Waals surface area contributed by atoms with E-state index in [9.17, 15) is 19.0 Å². The van der Waals surface area contributed by atoms with E-state index >= 15 is 0 Å². The largest absolute Gasteiger partial charge is 0.756 e. The molecule has 10 heteroatoms. The molecule has 2 atom stereocenters. The number of carbonyl (C=O) groups is 2. The molecule has 1 unspecified atom stereocenters. The Bertz CT molecular complexity index is 1250. The summed E-state index contributed by atoms with van der Waals surface area (Å²) in [7, 11) is 1.13. The summed E-state index contributed by atoms with van der Waals surface area (Å²) in [6, 6.07) is 0. The Kier molecular flexibility index (Phi) is 40.0. The molecule has 0 aliphatic heterocycles. The molecule has 0 spiro atoms. The minimum Gasteiger partial charge on any atom is -0.756 e. The second-order valence-corrected chi connectivity index (χ2v) is 18.1. The SMILES string of the molecule is CC/C=C/C/C=C/C/C=C/C/C=C/C/C=C/CCCC(=O)OC[C@H](COP(=O)([O-])OCC[N+](C)(C)C)OC(=O)CCCCCCCCCCC/C=C/CCCCCCCC. The number of likely N-dealkylation sites (N-methyl/N-ethyl adjacent to an activating group) is 1. The average molecular weight is 862 g/mol. The summed E-state index contributed by atoms with van der Waals surface area (Å²) in [5.41, 5.74) is 0. The molecule has 0 amide bonds. The van der Waals surface area contributed by atoms with Crippen molar-refractivity contribution in [3.63, 3.8) is 0 Å². The molecule has 0 aliphatic carbocycles. The van der Waals surface area contributed by atoms with Gasteiger partial charge in [0.25, 0.3) is 7.82 Å².